The van der Waals surface area contributed by atoms with Gasteiger partial charge in [-0.25, -0.2) is 0 Å². The van der Waals surface area contributed by atoms with E-state index in [1.165, 1.54) is 74.8 Å². The molecule has 122 valence electrons. The molecule has 0 aliphatic heterocycles. The molecule has 1 nitrogen and oxygen atoms in total. The molecular weight excluding hydrogens is 322 g/mol. The fourth-order valence-corrected chi connectivity index (χ4v) is 3.02. The highest BCUT2D eigenvalue weighted by Crippen LogP contribution is 2.19. The highest BCUT2D eigenvalue weighted by atomic mass is 79.9. The van der Waals surface area contributed by atoms with Gasteiger partial charge in [-0.1, -0.05) is 70.4 Å². The van der Waals surface area contributed by atoms with Gasteiger partial charge in [0.15, 0.2) is 0 Å². The van der Waals surface area contributed by atoms with Gasteiger partial charge in [-0.3, -0.25) is 0 Å². The molecule has 0 saturated heterocycles. The van der Waals surface area contributed by atoms with Crippen LogP contribution in [0.5, 0.6) is 0 Å². The van der Waals surface area contributed by atoms with Gasteiger partial charge in [0.05, 0.1) is 19.6 Å². The van der Waals surface area contributed by atoms with Gasteiger partial charge in [-0.15, -0.1) is 17.0 Å². The lowest BCUT2D eigenvalue weighted by Gasteiger charge is -2.39. The summed E-state index contributed by atoms with van der Waals surface area (Å²) in [5.74, 6) is 0. The molecule has 0 fully saturated rings. The number of halogens is 1. The second-order valence-corrected chi connectivity index (χ2v) is 6.22. The molecule has 0 bridgehead atoms. The van der Waals surface area contributed by atoms with E-state index in [4.69, 9.17) is 0 Å². The third kappa shape index (κ3) is 8.01. The van der Waals surface area contributed by atoms with Gasteiger partial charge in [-0.05, 0) is 19.3 Å². The average molecular weight is 357 g/mol. The topological polar surface area (TPSA) is 0 Å². The summed E-state index contributed by atoms with van der Waals surface area (Å²) in [5.41, 5.74) is 1.51. The number of quaternary nitrogens is 1. The maximum atomic E-state index is 2.32. The van der Waals surface area contributed by atoms with E-state index in [0.717, 1.165) is 0 Å². The fraction of sp³-hybridized carbons (Fsp3) is 0.684. The first-order chi connectivity index (χ1) is 9.76. The van der Waals surface area contributed by atoms with E-state index in [1.807, 2.05) is 0 Å². The van der Waals surface area contributed by atoms with Crippen LogP contribution >= 0.6 is 17.0 Å². The zero-order valence-corrected chi connectivity index (χ0v) is 16.0. The first-order valence-corrected chi connectivity index (χ1v) is 8.65. The standard InChI is InChI=1S/C19H34N.BrH/c1-4-7-15-20(16-8-5-2,17-9-6-3)18-19-13-11-10-12-14-19;/h10-14H,4-9,15-18H2,1-3H3;1H/q+1;. The molecule has 1 aromatic carbocycles. The van der Waals surface area contributed by atoms with Crippen LogP contribution in [0.2, 0.25) is 0 Å². The van der Waals surface area contributed by atoms with Crippen LogP contribution in [0.4, 0.5) is 0 Å². The Bertz CT molecular complexity index is 315. The zero-order valence-electron chi connectivity index (χ0n) is 14.3. The van der Waals surface area contributed by atoms with Crippen molar-refractivity contribution in [2.45, 2.75) is 65.8 Å². The first kappa shape index (κ1) is 20.7. The van der Waals surface area contributed by atoms with Crippen LogP contribution in [0.3, 0.4) is 0 Å². The lowest BCUT2D eigenvalue weighted by atomic mass is 10.1. The van der Waals surface area contributed by atoms with Crippen LogP contribution in [0.15, 0.2) is 30.3 Å². The predicted molar refractivity (Wildman–Crippen MR) is 100 cm³/mol. The number of benzene rings is 1. The van der Waals surface area contributed by atoms with E-state index in [2.05, 4.69) is 51.1 Å². The molecule has 0 saturated carbocycles. The van der Waals surface area contributed by atoms with Crippen molar-refractivity contribution in [3.05, 3.63) is 35.9 Å². The minimum absolute atomic E-state index is 0. The number of hydrogen-bond acceptors (Lipinski definition) is 0. The Morgan fingerprint density at radius 1 is 0.714 bits per heavy atom. The Kier molecular flexibility index (Phi) is 12.0. The van der Waals surface area contributed by atoms with Crippen molar-refractivity contribution in [2.75, 3.05) is 19.6 Å². The Labute approximate surface area is 143 Å². The van der Waals surface area contributed by atoms with E-state index in [1.54, 1.807) is 0 Å². The summed E-state index contributed by atoms with van der Waals surface area (Å²) >= 11 is 0. The van der Waals surface area contributed by atoms with Crippen molar-refractivity contribution in [3.8, 4) is 0 Å². The van der Waals surface area contributed by atoms with E-state index >= 15 is 0 Å². The molecular formula is C19H35BrN+. The highest BCUT2D eigenvalue weighted by molar-refractivity contribution is 8.93. The molecule has 2 heteroatoms. The van der Waals surface area contributed by atoms with Crippen LogP contribution in [0.25, 0.3) is 0 Å². The van der Waals surface area contributed by atoms with Crippen molar-refractivity contribution in [2.24, 2.45) is 0 Å². The largest absolute Gasteiger partial charge is 0.320 e. The van der Waals surface area contributed by atoms with Gasteiger partial charge in [0, 0.05) is 5.56 Å². The lowest BCUT2D eigenvalue weighted by Crippen LogP contribution is -2.49. The monoisotopic (exact) mass is 356 g/mol. The number of hydrogen-bond donors (Lipinski definition) is 0. The number of unbranched alkanes of at least 4 members (excludes halogenated alkanes) is 3. The van der Waals surface area contributed by atoms with Crippen LogP contribution < -0.4 is 0 Å². The SMILES string of the molecule is Br.CCCC[N+](CCCC)(CCCC)Cc1ccccc1. The van der Waals surface area contributed by atoms with E-state index in [-0.39, 0.29) is 17.0 Å². The average Bonchev–Trinajstić information content (AvgIpc) is 2.49. The molecule has 1 aromatic rings. The van der Waals surface area contributed by atoms with E-state index in [9.17, 15) is 0 Å². The molecule has 21 heavy (non-hydrogen) atoms. The van der Waals surface area contributed by atoms with Crippen molar-refractivity contribution >= 4 is 17.0 Å². The number of rotatable bonds is 11. The lowest BCUT2D eigenvalue weighted by molar-refractivity contribution is -0.941. The third-order valence-corrected chi connectivity index (χ3v) is 4.32. The molecule has 0 aliphatic carbocycles. The van der Waals surface area contributed by atoms with Crippen LogP contribution in [0.1, 0.15) is 64.9 Å². The molecule has 0 heterocycles. The maximum absolute atomic E-state index is 2.32. The van der Waals surface area contributed by atoms with Crippen LogP contribution in [-0.4, -0.2) is 24.1 Å². The van der Waals surface area contributed by atoms with Crippen LogP contribution in [0, 0.1) is 0 Å². The van der Waals surface area contributed by atoms with Gasteiger partial charge in [0.25, 0.3) is 0 Å². The van der Waals surface area contributed by atoms with E-state index < -0.39 is 0 Å². The van der Waals surface area contributed by atoms with Gasteiger partial charge in [0.2, 0.25) is 0 Å². The molecule has 0 amide bonds. The highest BCUT2D eigenvalue weighted by Gasteiger charge is 2.25. The molecule has 0 unspecified atom stereocenters. The quantitative estimate of drug-likeness (QED) is 0.427. The summed E-state index contributed by atoms with van der Waals surface area (Å²) in [7, 11) is 0. The minimum Gasteiger partial charge on any atom is -0.320 e. The second kappa shape index (κ2) is 12.2. The Morgan fingerprint density at radius 3 is 1.52 bits per heavy atom. The molecule has 0 N–H and O–H groups in total. The normalized spacial score (nSPS) is 11.2. The molecule has 0 radical (unpaired) electrons. The van der Waals surface area contributed by atoms with Crippen molar-refractivity contribution in [3.63, 3.8) is 0 Å². The van der Waals surface area contributed by atoms with Crippen molar-refractivity contribution in [1.29, 1.82) is 0 Å². The van der Waals surface area contributed by atoms with Gasteiger partial charge >= 0.3 is 0 Å². The van der Waals surface area contributed by atoms with Gasteiger partial charge in [0.1, 0.15) is 6.54 Å². The third-order valence-electron chi connectivity index (χ3n) is 4.32. The first-order valence-electron chi connectivity index (χ1n) is 8.65. The van der Waals surface area contributed by atoms with Crippen LogP contribution in [-0.2, 0) is 6.54 Å². The summed E-state index contributed by atoms with van der Waals surface area (Å²) in [6, 6.07) is 11.1. The maximum Gasteiger partial charge on any atom is 0.104 e. The Morgan fingerprint density at radius 2 is 1.14 bits per heavy atom. The molecule has 0 atom stereocenters. The summed E-state index contributed by atoms with van der Waals surface area (Å²) < 4.78 is 1.31. The predicted octanol–water partition coefficient (Wildman–Crippen LogP) is 5.98. The molecule has 0 spiro atoms. The van der Waals surface area contributed by atoms with Gasteiger partial charge < -0.3 is 4.48 Å². The Hall–Kier alpha value is -0.340. The summed E-state index contributed by atoms with van der Waals surface area (Å²) in [5, 5.41) is 0. The fourth-order valence-electron chi connectivity index (χ4n) is 3.02. The van der Waals surface area contributed by atoms with Crippen molar-refractivity contribution in [1.82, 2.24) is 0 Å². The zero-order chi connectivity index (χ0) is 14.7. The van der Waals surface area contributed by atoms with Crippen molar-refractivity contribution < 1.29 is 4.48 Å². The molecule has 0 aromatic heterocycles. The van der Waals surface area contributed by atoms with Gasteiger partial charge in [-0.2, -0.15) is 0 Å². The molecule has 1 rings (SSSR count). The minimum atomic E-state index is 0. The summed E-state index contributed by atoms with van der Waals surface area (Å²) in [4.78, 5) is 0. The summed E-state index contributed by atoms with van der Waals surface area (Å²) in [6.07, 6.45) is 8.02. The van der Waals surface area contributed by atoms with E-state index in [0.29, 0.717) is 0 Å². The summed E-state index contributed by atoms with van der Waals surface area (Å²) in [6.45, 7) is 12.2. The Balaban J connectivity index is 0.00000400. The number of nitrogens with zero attached hydrogens (tertiary/aromatic N) is 1. The second-order valence-electron chi connectivity index (χ2n) is 6.22. The molecule has 0 aliphatic rings. The smallest absolute Gasteiger partial charge is 0.104 e.